The average molecular weight is 389 g/mol. The van der Waals surface area contributed by atoms with Crippen molar-refractivity contribution in [3.8, 4) is 0 Å². The van der Waals surface area contributed by atoms with Crippen LogP contribution in [0, 0.1) is 13.8 Å². The van der Waals surface area contributed by atoms with Crippen LogP contribution in [0.4, 0.5) is 4.79 Å². The van der Waals surface area contributed by atoms with Gasteiger partial charge >= 0.3 is 6.03 Å². The van der Waals surface area contributed by atoms with Gasteiger partial charge in [-0.3, -0.25) is 4.79 Å². The van der Waals surface area contributed by atoms with Crippen LogP contribution in [0.5, 0.6) is 0 Å². The van der Waals surface area contributed by atoms with Crippen molar-refractivity contribution in [3.05, 3.63) is 105 Å². The first-order chi connectivity index (χ1) is 14.0. The van der Waals surface area contributed by atoms with Gasteiger partial charge in [0.1, 0.15) is 0 Å². The molecule has 0 aliphatic rings. The van der Waals surface area contributed by atoms with Crippen LogP contribution in [-0.4, -0.2) is 17.6 Å². The molecule has 0 saturated carbocycles. The molecule has 3 aromatic rings. The quantitative estimate of drug-likeness (QED) is 0.571. The van der Waals surface area contributed by atoms with Crippen molar-refractivity contribution in [1.29, 1.82) is 0 Å². The van der Waals surface area contributed by atoms with E-state index < -0.39 is 0 Å². The van der Waals surface area contributed by atoms with Crippen LogP contribution in [0.3, 0.4) is 0 Å². The molecular weight excluding hydrogens is 362 g/mol. The number of hydrogen-bond acceptors (Lipinski definition) is 2. The highest BCUT2D eigenvalue weighted by atomic mass is 16.2. The van der Waals surface area contributed by atoms with E-state index in [1.54, 1.807) is 0 Å². The summed E-state index contributed by atoms with van der Waals surface area (Å²) in [4.78, 5) is 27.1. The second kappa shape index (κ2) is 9.73. The van der Waals surface area contributed by atoms with Crippen molar-refractivity contribution in [2.75, 3.05) is 6.54 Å². The third-order valence-electron chi connectivity index (χ3n) is 5.04. The number of rotatable bonds is 7. The van der Waals surface area contributed by atoms with E-state index in [0.29, 0.717) is 12.1 Å². The maximum atomic E-state index is 12.2. The lowest BCUT2D eigenvalue weighted by Gasteiger charge is -2.18. The van der Waals surface area contributed by atoms with Crippen molar-refractivity contribution in [2.24, 2.45) is 0 Å². The molecule has 3 rings (SSSR count). The first-order valence-electron chi connectivity index (χ1n) is 9.85. The lowest BCUT2D eigenvalue weighted by molar-refractivity contribution is 0.240. The van der Waals surface area contributed by atoms with Gasteiger partial charge in [-0.15, -0.1) is 0 Å². The molecule has 2 amide bonds. The summed E-state index contributed by atoms with van der Waals surface area (Å²) in [7, 11) is 0. The molecule has 0 radical (unpaired) electrons. The Labute approximate surface area is 171 Å². The van der Waals surface area contributed by atoms with Gasteiger partial charge in [0.25, 0.3) is 5.56 Å². The fourth-order valence-corrected chi connectivity index (χ4v) is 3.56. The van der Waals surface area contributed by atoms with Crippen molar-refractivity contribution in [1.82, 2.24) is 15.6 Å². The molecule has 3 N–H and O–H groups in total. The van der Waals surface area contributed by atoms with Crippen molar-refractivity contribution < 1.29 is 4.79 Å². The molecule has 0 aliphatic heterocycles. The number of aryl methyl sites for hydroxylation is 2. The fourth-order valence-electron chi connectivity index (χ4n) is 3.56. The van der Waals surface area contributed by atoms with Crippen LogP contribution in [0.2, 0.25) is 0 Å². The van der Waals surface area contributed by atoms with Crippen molar-refractivity contribution in [3.63, 3.8) is 0 Å². The van der Waals surface area contributed by atoms with Gasteiger partial charge in [-0.25, -0.2) is 4.79 Å². The molecule has 5 heteroatoms. The Morgan fingerprint density at radius 1 is 0.931 bits per heavy atom. The van der Waals surface area contributed by atoms with E-state index in [9.17, 15) is 9.59 Å². The SMILES string of the molecule is Cc1cc(C)c(CNC(=O)NCCC(c2ccccc2)c2ccccc2)c(=O)[nH]1. The summed E-state index contributed by atoms with van der Waals surface area (Å²) in [6.07, 6.45) is 0.783. The maximum Gasteiger partial charge on any atom is 0.315 e. The molecule has 150 valence electrons. The van der Waals surface area contributed by atoms with Gasteiger partial charge in [-0.1, -0.05) is 60.7 Å². The molecule has 1 heterocycles. The van der Waals surface area contributed by atoms with Gasteiger partial charge in [-0.2, -0.15) is 0 Å². The summed E-state index contributed by atoms with van der Waals surface area (Å²) in [5.41, 5.74) is 4.56. The van der Waals surface area contributed by atoms with E-state index in [2.05, 4.69) is 39.9 Å². The Morgan fingerprint density at radius 3 is 2.07 bits per heavy atom. The van der Waals surface area contributed by atoms with Crippen LogP contribution in [-0.2, 0) is 6.54 Å². The van der Waals surface area contributed by atoms with Gasteiger partial charge in [0.2, 0.25) is 0 Å². The monoisotopic (exact) mass is 389 g/mol. The molecule has 1 aromatic heterocycles. The van der Waals surface area contributed by atoms with Crippen molar-refractivity contribution in [2.45, 2.75) is 32.7 Å². The first kappa shape index (κ1) is 20.4. The molecule has 2 aromatic carbocycles. The lowest BCUT2D eigenvalue weighted by atomic mass is 9.88. The number of H-pyrrole nitrogens is 1. The number of amides is 2. The Morgan fingerprint density at radius 2 is 1.52 bits per heavy atom. The lowest BCUT2D eigenvalue weighted by Crippen LogP contribution is -2.37. The van der Waals surface area contributed by atoms with Gasteiger partial charge < -0.3 is 15.6 Å². The molecule has 0 atom stereocenters. The highest BCUT2D eigenvalue weighted by molar-refractivity contribution is 5.73. The topological polar surface area (TPSA) is 74.0 Å². The second-order valence-electron chi connectivity index (χ2n) is 7.22. The van der Waals surface area contributed by atoms with Crippen LogP contribution < -0.4 is 16.2 Å². The molecular formula is C24H27N3O2. The highest BCUT2D eigenvalue weighted by Gasteiger charge is 2.14. The van der Waals surface area contributed by atoms with Gasteiger partial charge in [0.15, 0.2) is 0 Å². The smallest absolute Gasteiger partial charge is 0.315 e. The Balaban J connectivity index is 1.57. The Bertz CT molecular complexity index is 958. The largest absolute Gasteiger partial charge is 0.338 e. The van der Waals surface area contributed by atoms with Gasteiger partial charge in [0.05, 0.1) is 6.54 Å². The maximum absolute atomic E-state index is 12.2. The summed E-state index contributed by atoms with van der Waals surface area (Å²) in [6.45, 7) is 4.45. The van der Waals surface area contributed by atoms with E-state index in [1.807, 2.05) is 56.3 Å². The molecule has 0 fully saturated rings. The minimum atomic E-state index is -0.274. The summed E-state index contributed by atoms with van der Waals surface area (Å²) in [5, 5.41) is 5.69. The second-order valence-corrected chi connectivity index (χ2v) is 7.22. The Kier molecular flexibility index (Phi) is 6.85. The normalized spacial score (nSPS) is 10.7. The summed E-state index contributed by atoms with van der Waals surface area (Å²) < 4.78 is 0. The summed E-state index contributed by atoms with van der Waals surface area (Å²) in [5.74, 6) is 0.208. The molecule has 0 spiro atoms. The third-order valence-corrected chi connectivity index (χ3v) is 5.04. The summed E-state index contributed by atoms with van der Waals surface area (Å²) >= 11 is 0. The first-order valence-corrected chi connectivity index (χ1v) is 9.85. The van der Waals surface area contributed by atoms with E-state index in [1.165, 1.54) is 11.1 Å². The van der Waals surface area contributed by atoms with Gasteiger partial charge in [0, 0.05) is 23.7 Å². The number of pyridine rings is 1. The van der Waals surface area contributed by atoms with Gasteiger partial charge in [-0.05, 0) is 43.0 Å². The number of hydrogen-bond donors (Lipinski definition) is 3. The summed E-state index contributed by atoms with van der Waals surface area (Å²) in [6, 6.07) is 22.2. The number of carbonyl (C=O) groups excluding carboxylic acids is 1. The standard InChI is InChI=1S/C24H27N3O2/c1-17-15-18(2)27-23(28)22(17)16-26-24(29)25-14-13-21(19-9-5-3-6-10-19)20-11-7-4-8-12-20/h3-12,15,21H,13-14,16H2,1-2H3,(H,27,28)(H2,25,26,29). The van der Waals surface area contributed by atoms with Crippen LogP contribution >= 0.6 is 0 Å². The number of aromatic amines is 1. The Hall–Kier alpha value is -3.34. The molecule has 0 bridgehead atoms. The molecule has 0 unspecified atom stereocenters. The van der Waals surface area contributed by atoms with E-state index in [-0.39, 0.29) is 24.1 Å². The van der Waals surface area contributed by atoms with E-state index >= 15 is 0 Å². The predicted molar refractivity (Wildman–Crippen MR) is 116 cm³/mol. The average Bonchev–Trinajstić information content (AvgIpc) is 2.71. The fraction of sp³-hybridized carbons (Fsp3) is 0.250. The van der Waals surface area contributed by atoms with E-state index in [4.69, 9.17) is 0 Å². The van der Waals surface area contributed by atoms with Crippen LogP contribution in [0.25, 0.3) is 0 Å². The van der Waals surface area contributed by atoms with Crippen LogP contribution in [0.15, 0.2) is 71.5 Å². The van der Waals surface area contributed by atoms with Crippen molar-refractivity contribution >= 4 is 6.03 Å². The number of urea groups is 1. The molecule has 0 saturated heterocycles. The molecule has 0 aliphatic carbocycles. The number of aromatic nitrogens is 1. The predicted octanol–water partition coefficient (Wildman–Crippen LogP) is 4.01. The number of benzene rings is 2. The third kappa shape index (κ3) is 5.57. The zero-order chi connectivity index (χ0) is 20.6. The minimum absolute atomic E-state index is 0.156. The van der Waals surface area contributed by atoms with Crippen LogP contribution in [0.1, 0.15) is 40.3 Å². The number of carbonyl (C=O) groups is 1. The number of nitrogens with one attached hydrogen (secondary N) is 3. The minimum Gasteiger partial charge on any atom is -0.338 e. The molecule has 5 nitrogen and oxygen atoms in total. The van der Waals surface area contributed by atoms with E-state index in [0.717, 1.165) is 17.7 Å². The zero-order valence-electron chi connectivity index (χ0n) is 16.9. The zero-order valence-corrected chi connectivity index (χ0v) is 16.9. The highest BCUT2D eigenvalue weighted by Crippen LogP contribution is 2.27. The molecule has 29 heavy (non-hydrogen) atoms.